The predicted molar refractivity (Wildman–Crippen MR) is 153 cm³/mol. The van der Waals surface area contributed by atoms with Gasteiger partial charge in [0.15, 0.2) is 0 Å². The first-order chi connectivity index (χ1) is 18.1. The topological polar surface area (TPSA) is 67.9 Å². The third-order valence-electron chi connectivity index (χ3n) is 6.09. The van der Waals surface area contributed by atoms with Crippen LogP contribution in [0, 0.1) is 0 Å². The van der Waals surface area contributed by atoms with Gasteiger partial charge in [-0.05, 0) is 64.8 Å². The Labute approximate surface area is 226 Å². The Hall–Kier alpha value is -2.18. The molecule has 1 N–H and O–H groups in total. The predicted octanol–water partition coefficient (Wildman–Crippen LogP) is 6.29. The van der Waals surface area contributed by atoms with E-state index in [0.717, 1.165) is 71.4 Å². The number of hydrogen-bond acceptors (Lipinski definition) is 5. The second-order valence-electron chi connectivity index (χ2n) is 9.69. The van der Waals surface area contributed by atoms with Crippen LogP contribution in [0.15, 0.2) is 48.6 Å². The maximum Gasteiger partial charge on any atom is 0.305 e. The molecule has 0 aromatic rings. The van der Waals surface area contributed by atoms with Crippen molar-refractivity contribution in [1.82, 2.24) is 10.2 Å². The lowest BCUT2D eigenvalue weighted by Gasteiger charge is -2.26. The Balaban J connectivity index is 1.95. The van der Waals surface area contributed by atoms with E-state index in [4.69, 9.17) is 9.47 Å². The SMILES string of the molecule is CCCCC/C=C\C/C=C\C/C=C\C/C=C\CCCC(=O)N[C@H](C)COC(=O)CCCN1CCOCC1. The smallest absolute Gasteiger partial charge is 0.305 e. The summed E-state index contributed by atoms with van der Waals surface area (Å²) in [5.41, 5.74) is 0. The minimum absolute atomic E-state index is 0.00625. The van der Waals surface area contributed by atoms with Gasteiger partial charge in [-0.1, -0.05) is 68.4 Å². The van der Waals surface area contributed by atoms with Crippen molar-refractivity contribution in [3.8, 4) is 0 Å². The molecule has 1 rings (SSSR count). The molecule has 1 atom stereocenters. The van der Waals surface area contributed by atoms with Crippen molar-refractivity contribution >= 4 is 11.9 Å². The first kappa shape index (κ1) is 32.8. The minimum atomic E-state index is -0.199. The van der Waals surface area contributed by atoms with E-state index in [2.05, 4.69) is 65.7 Å². The van der Waals surface area contributed by atoms with Crippen LogP contribution >= 0.6 is 0 Å². The fourth-order valence-corrected chi connectivity index (χ4v) is 3.89. The largest absolute Gasteiger partial charge is 0.463 e. The number of ether oxygens (including phenoxy) is 2. The normalized spacial score (nSPS) is 15.8. The summed E-state index contributed by atoms with van der Waals surface area (Å²) in [5.74, 6) is -0.193. The fourth-order valence-electron chi connectivity index (χ4n) is 3.89. The van der Waals surface area contributed by atoms with Gasteiger partial charge in [0.05, 0.1) is 19.3 Å². The molecule has 0 aliphatic carbocycles. The number of rotatable bonds is 21. The molecule has 1 saturated heterocycles. The summed E-state index contributed by atoms with van der Waals surface area (Å²) >= 11 is 0. The highest BCUT2D eigenvalue weighted by atomic mass is 16.5. The highest BCUT2D eigenvalue weighted by molar-refractivity contribution is 5.76. The monoisotopic (exact) mass is 516 g/mol. The first-order valence-electron chi connectivity index (χ1n) is 14.5. The summed E-state index contributed by atoms with van der Waals surface area (Å²) in [6.07, 6.45) is 29.0. The second kappa shape index (κ2) is 24.2. The molecule has 37 heavy (non-hydrogen) atoms. The Morgan fingerprint density at radius 1 is 0.838 bits per heavy atom. The number of unbranched alkanes of at least 4 members (excludes halogenated alkanes) is 4. The van der Waals surface area contributed by atoms with Crippen molar-refractivity contribution in [3.05, 3.63) is 48.6 Å². The van der Waals surface area contributed by atoms with Crippen molar-refractivity contribution in [2.45, 2.75) is 96.9 Å². The molecule has 1 amide bonds. The molecule has 6 heteroatoms. The van der Waals surface area contributed by atoms with Gasteiger partial charge < -0.3 is 14.8 Å². The molecule has 0 aromatic carbocycles. The molecule has 0 bridgehead atoms. The number of hydrogen-bond donors (Lipinski definition) is 1. The van der Waals surface area contributed by atoms with Gasteiger partial charge in [0.25, 0.3) is 0 Å². The van der Waals surface area contributed by atoms with Crippen molar-refractivity contribution < 1.29 is 19.1 Å². The number of morpholine rings is 1. The Morgan fingerprint density at radius 2 is 1.43 bits per heavy atom. The van der Waals surface area contributed by atoms with E-state index in [1.807, 2.05) is 6.92 Å². The minimum Gasteiger partial charge on any atom is -0.463 e. The van der Waals surface area contributed by atoms with E-state index >= 15 is 0 Å². The molecule has 0 saturated carbocycles. The van der Waals surface area contributed by atoms with E-state index in [9.17, 15) is 9.59 Å². The van der Waals surface area contributed by atoms with Gasteiger partial charge in [-0.15, -0.1) is 0 Å². The van der Waals surface area contributed by atoms with Gasteiger partial charge >= 0.3 is 5.97 Å². The van der Waals surface area contributed by atoms with Crippen LogP contribution in [0.3, 0.4) is 0 Å². The zero-order chi connectivity index (χ0) is 26.8. The molecular weight excluding hydrogens is 464 g/mol. The number of carbonyl (C=O) groups is 2. The Bertz CT molecular complexity index is 693. The van der Waals surface area contributed by atoms with Crippen molar-refractivity contribution in [1.29, 1.82) is 0 Å². The number of amides is 1. The zero-order valence-electron chi connectivity index (χ0n) is 23.5. The highest BCUT2D eigenvalue weighted by Gasteiger charge is 2.13. The van der Waals surface area contributed by atoms with Gasteiger partial charge in [0, 0.05) is 25.9 Å². The van der Waals surface area contributed by atoms with Crippen LogP contribution in [0.1, 0.15) is 90.9 Å². The average molecular weight is 517 g/mol. The van der Waals surface area contributed by atoms with E-state index in [-0.39, 0.29) is 24.5 Å². The fraction of sp³-hybridized carbons (Fsp3) is 0.677. The van der Waals surface area contributed by atoms with Crippen LogP contribution in [-0.2, 0) is 19.1 Å². The molecule has 0 unspecified atom stereocenters. The summed E-state index contributed by atoms with van der Waals surface area (Å²) in [5, 5.41) is 2.91. The standard InChI is InChI=1S/C31H52N2O4/c1-3-4-5-6-7-8-9-10-11-12-13-14-15-16-17-18-19-21-30(34)32-29(2)28-37-31(35)22-20-23-33-24-26-36-27-25-33/h7-8,10-11,13-14,16-17,29H,3-6,9,12,15,18-28H2,1-2H3,(H,32,34)/b8-7-,11-10-,14-13-,17-16-/t29-/m1/s1. The maximum atomic E-state index is 12.1. The third-order valence-corrected chi connectivity index (χ3v) is 6.09. The summed E-state index contributed by atoms with van der Waals surface area (Å²) in [6, 6.07) is -0.174. The lowest BCUT2D eigenvalue weighted by molar-refractivity contribution is -0.145. The summed E-state index contributed by atoms with van der Waals surface area (Å²) in [7, 11) is 0. The highest BCUT2D eigenvalue weighted by Crippen LogP contribution is 2.03. The average Bonchev–Trinajstić information content (AvgIpc) is 2.90. The van der Waals surface area contributed by atoms with Gasteiger partial charge in [0.2, 0.25) is 5.91 Å². The van der Waals surface area contributed by atoms with Crippen LogP contribution in [-0.4, -0.2) is 62.3 Å². The summed E-state index contributed by atoms with van der Waals surface area (Å²) in [4.78, 5) is 26.3. The third kappa shape index (κ3) is 21.6. The lowest BCUT2D eigenvalue weighted by atomic mass is 10.2. The van der Waals surface area contributed by atoms with E-state index in [1.165, 1.54) is 25.7 Å². The van der Waals surface area contributed by atoms with Crippen LogP contribution in [0.4, 0.5) is 0 Å². The van der Waals surface area contributed by atoms with Crippen molar-refractivity contribution in [2.24, 2.45) is 0 Å². The Kier molecular flexibility index (Phi) is 21.5. The number of allylic oxidation sites excluding steroid dienone is 8. The lowest BCUT2D eigenvalue weighted by Crippen LogP contribution is -2.37. The zero-order valence-corrected chi connectivity index (χ0v) is 23.5. The molecular formula is C31H52N2O4. The van der Waals surface area contributed by atoms with Gasteiger partial charge in [-0.3, -0.25) is 14.5 Å². The molecule has 1 aliphatic heterocycles. The molecule has 0 radical (unpaired) electrons. The van der Waals surface area contributed by atoms with E-state index in [0.29, 0.717) is 12.8 Å². The molecule has 1 fully saturated rings. The maximum absolute atomic E-state index is 12.1. The molecule has 1 aliphatic rings. The second-order valence-corrected chi connectivity index (χ2v) is 9.69. The number of esters is 1. The van der Waals surface area contributed by atoms with Gasteiger partial charge in [0.1, 0.15) is 6.61 Å². The molecule has 6 nitrogen and oxygen atoms in total. The molecule has 210 valence electrons. The van der Waals surface area contributed by atoms with Crippen LogP contribution in [0.2, 0.25) is 0 Å². The molecule has 1 heterocycles. The van der Waals surface area contributed by atoms with Crippen molar-refractivity contribution in [3.63, 3.8) is 0 Å². The van der Waals surface area contributed by atoms with Crippen molar-refractivity contribution in [2.75, 3.05) is 39.5 Å². The van der Waals surface area contributed by atoms with Crippen LogP contribution in [0.25, 0.3) is 0 Å². The molecule has 0 aromatic heterocycles. The van der Waals surface area contributed by atoms with Crippen LogP contribution in [0.5, 0.6) is 0 Å². The first-order valence-corrected chi connectivity index (χ1v) is 14.5. The summed E-state index contributed by atoms with van der Waals surface area (Å²) < 4.78 is 10.6. The van der Waals surface area contributed by atoms with E-state index in [1.54, 1.807) is 0 Å². The van der Waals surface area contributed by atoms with E-state index < -0.39 is 0 Å². The summed E-state index contributed by atoms with van der Waals surface area (Å²) in [6.45, 7) is 8.62. The number of carbonyl (C=O) groups excluding carboxylic acids is 2. The Morgan fingerprint density at radius 3 is 2.05 bits per heavy atom. The van der Waals surface area contributed by atoms with Gasteiger partial charge in [-0.25, -0.2) is 0 Å². The van der Waals surface area contributed by atoms with Gasteiger partial charge in [-0.2, -0.15) is 0 Å². The number of nitrogens with zero attached hydrogens (tertiary/aromatic N) is 1. The molecule has 0 spiro atoms. The quantitative estimate of drug-likeness (QED) is 0.110. The van der Waals surface area contributed by atoms with Crippen LogP contribution < -0.4 is 5.32 Å². The number of nitrogens with one attached hydrogen (secondary N) is 1.